The van der Waals surface area contributed by atoms with Gasteiger partial charge < -0.3 is 0 Å². The molecule has 0 aliphatic carbocycles. The van der Waals surface area contributed by atoms with Crippen LogP contribution in [-0.4, -0.2) is 5.33 Å². The quantitative estimate of drug-likeness (QED) is 0.690. The molecule has 0 heterocycles. The van der Waals surface area contributed by atoms with E-state index in [1.54, 1.807) is 6.07 Å². The molecule has 0 saturated heterocycles. The van der Waals surface area contributed by atoms with Crippen LogP contribution in [0.15, 0.2) is 23.8 Å². The zero-order valence-electron chi connectivity index (χ0n) is 7.77. The highest BCUT2D eigenvalue weighted by molar-refractivity contribution is 9.09. The molecule has 0 nitrogen and oxygen atoms in total. The topological polar surface area (TPSA) is 0 Å². The van der Waals surface area contributed by atoms with Crippen molar-refractivity contribution in [3.05, 3.63) is 40.7 Å². The first-order chi connectivity index (χ1) is 6.13. The molecule has 13 heavy (non-hydrogen) atoms. The number of benzene rings is 1. The normalized spacial score (nSPS) is 11.8. The maximum absolute atomic E-state index is 13.2. The minimum atomic E-state index is -0.161. The van der Waals surface area contributed by atoms with Crippen LogP contribution in [0.1, 0.15) is 18.1 Å². The van der Waals surface area contributed by atoms with E-state index >= 15 is 0 Å². The molecule has 0 N–H and O–H groups in total. The molecule has 0 aliphatic heterocycles. The lowest BCUT2D eigenvalue weighted by Gasteiger charge is -2.00. The lowest BCUT2D eigenvalue weighted by atomic mass is 10.1. The highest BCUT2D eigenvalue weighted by atomic mass is 79.9. The zero-order valence-corrected chi connectivity index (χ0v) is 9.36. The van der Waals surface area contributed by atoms with E-state index in [4.69, 9.17) is 0 Å². The molecular formula is C11H12BrF. The van der Waals surface area contributed by atoms with E-state index < -0.39 is 0 Å². The van der Waals surface area contributed by atoms with E-state index in [1.807, 2.05) is 26.0 Å². The molecule has 0 bridgehead atoms. The highest BCUT2D eigenvalue weighted by Gasteiger charge is 1.98. The van der Waals surface area contributed by atoms with Crippen LogP contribution in [0.3, 0.4) is 0 Å². The number of rotatable bonds is 2. The molecule has 1 rings (SSSR count). The van der Waals surface area contributed by atoms with Gasteiger partial charge in [0.1, 0.15) is 5.82 Å². The minimum absolute atomic E-state index is 0.161. The first-order valence-electron chi connectivity index (χ1n) is 4.13. The lowest BCUT2D eigenvalue weighted by molar-refractivity contribution is 0.624. The average molecular weight is 243 g/mol. The van der Waals surface area contributed by atoms with Gasteiger partial charge in [-0.1, -0.05) is 39.2 Å². The van der Waals surface area contributed by atoms with E-state index in [9.17, 15) is 4.39 Å². The summed E-state index contributed by atoms with van der Waals surface area (Å²) in [7, 11) is 0. The fourth-order valence-electron chi connectivity index (χ4n) is 1.08. The fraction of sp³-hybridized carbons (Fsp3) is 0.273. The van der Waals surface area contributed by atoms with Gasteiger partial charge in [0.05, 0.1) is 0 Å². The maximum atomic E-state index is 13.2. The van der Waals surface area contributed by atoms with E-state index in [1.165, 1.54) is 6.07 Å². The number of allylic oxidation sites excluding steroid dienone is 1. The largest absolute Gasteiger partial charge is 0.206 e. The van der Waals surface area contributed by atoms with Crippen molar-refractivity contribution >= 4 is 22.0 Å². The van der Waals surface area contributed by atoms with Gasteiger partial charge in [0.2, 0.25) is 0 Å². The number of hydrogen-bond donors (Lipinski definition) is 0. The van der Waals surface area contributed by atoms with Crippen LogP contribution in [-0.2, 0) is 0 Å². The molecule has 0 radical (unpaired) electrons. The Morgan fingerprint density at radius 1 is 1.54 bits per heavy atom. The Hall–Kier alpha value is -0.630. The van der Waals surface area contributed by atoms with Gasteiger partial charge in [-0.3, -0.25) is 0 Å². The Balaban J connectivity index is 3.07. The van der Waals surface area contributed by atoms with Gasteiger partial charge in [0, 0.05) is 10.9 Å². The van der Waals surface area contributed by atoms with Crippen LogP contribution >= 0.6 is 15.9 Å². The second-order valence-corrected chi connectivity index (χ2v) is 3.71. The van der Waals surface area contributed by atoms with Crippen molar-refractivity contribution in [1.82, 2.24) is 0 Å². The molecule has 1 aromatic carbocycles. The molecule has 1 aromatic rings. The Morgan fingerprint density at radius 3 is 2.85 bits per heavy atom. The van der Waals surface area contributed by atoms with E-state index in [-0.39, 0.29) is 5.82 Å². The van der Waals surface area contributed by atoms with Crippen LogP contribution < -0.4 is 0 Å². The Morgan fingerprint density at radius 2 is 2.23 bits per heavy atom. The molecule has 0 aromatic heterocycles. The van der Waals surface area contributed by atoms with Gasteiger partial charge in [0.15, 0.2) is 0 Å². The second kappa shape index (κ2) is 4.56. The summed E-state index contributed by atoms with van der Waals surface area (Å²) in [6.45, 7) is 3.93. The summed E-state index contributed by atoms with van der Waals surface area (Å²) in [5.74, 6) is -0.161. The lowest BCUT2D eigenvalue weighted by Crippen LogP contribution is -1.85. The summed E-state index contributed by atoms with van der Waals surface area (Å²) in [5, 5.41) is 0.778. The average Bonchev–Trinajstić information content (AvgIpc) is 2.11. The third-order valence-electron chi connectivity index (χ3n) is 1.76. The standard InChI is InChI=1S/C11H12BrF/c1-8-3-4-11(13)10(5-8)6-9(2)7-12/h3-6H,7H2,1-2H3/b9-6-. The monoisotopic (exact) mass is 242 g/mol. The molecule has 0 fully saturated rings. The summed E-state index contributed by atoms with van der Waals surface area (Å²) in [4.78, 5) is 0. The van der Waals surface area contributed by atoms with Crippen molar-refractivity contribution in [3.8, 4) is 0 Å². The number of alkyl halides is 1. The third kappa shape index (κ3) is 2.96. The first-order valence-corrected chi connectivity index (χ1v) is 5.25. The molecule has 0 atom stereocenters. The van der Waals surface area contributed by atoms with Crippen molar-refractivity contribution in [2.75, 3.05) is 5.33 Å². The SMILES string of the molecule is C/C(=C/c1cc(C)ccc1F)CBr. The van der Waals surface area contributed by atoms with Gasteiger partial charge >= 0.3 is 0 Å². The Kier molecular flexibility index (Phi) is 3.67. The van der Waals surface area contributed by atoms with Crippen molar-refractivity contribution in [1.29, 1.82) is 0 Å². The van der Waals surface area contributed by atoms with Crippen LogP contribution in [0.5, 0.6) is 0 Å². The molecule has 0 amide bonds. The maximum Gasteiger partial charge on any atom is 0.130 e. The summed E-state index contributed by atoms with van der Waals surface area (Å²) in [6.07, 6.45) is 1.86. The van der Waals surface area contributed by atoms with E-state index in [2.05, 4.69) is 15.9 Å². The minimum Gasteiger partial charge on any atom is -0.206 e. The summed E-state index contributed by atoms with van der Waals surface area (Å²) < 4.78 is 13.2. The second-order valence-electron chi connectivity index (χ2n) is 3.15. The molecule has 70 valence electrons. The van der Waals surface area contributed by atoms with Gasteiger partial charge in [-0.05, 0) is 26.0 Å². The number of aryl methyl sites for hydroxylation is 1. The molecule has 0 aliphatic rings. The van der Waals surface area contributed by atoms with Crippen LogP contribution in [0.2, 0.25) is 0 Å². The van der Waals surface area contributed by atoms with Crippen molar-refractivity contribution in [3.63, 3.8) is 0 Å². The van der Waals surface area contributed by atoms with Crippen LogP contribution in [0.4, 0.5) is 4.39 Å². The molecule has 0 saturated carbocycles. The third-order valence-corrected chi connectivity index (χ3v) is 2.65. The predicted molar refractivity (Wildman–Crippen MR) is 58.6 cm³/mol. The summed E-state index contributed by atoms with van der Waals surface area (Å²) >= 11 is 3.32. The van der Waals surface area contributed by atoms with Gasteiger partial charge in [-0.15, -0.1) is 0 Å². The van der Waals surface area contributed by atoms with E-state index in [0.717, 1.165) is 16.5 Å². The van der Waals surface area contributed by atoms with Gasteiger partial charge in [0.25, 0.3) is 0 Å². The van der Waals surface area contributed by atoms with Crippen molar-refractivity contribution in [2.45, 2.75) is 13.8 Å². The van der Waals surface area contributed by atoms with E-state index in [0.29, 0.717) is 5.56 Å². The number of halogens is 2. The molecule has 0 spiro atoms. The first kappa shape index (κ1) is 10.5. The smallest absolute Gasteiger partial charge is 0.130 e. The summed E-state index contributed by atoms with van der Waals surface area (Å²) in [6, 6.07) is 5.13. The van der Waals surface area contributed by atoms with Gasteiger partial charge in [-0.25, -0.2) is 4.39 Å². The molecular weight excluding hydrogens is 231 g/mol. The molecule has 0 unspecified atom stereocenters. The Bertz CT molecular complexity index is 329. The summed E-state index contributed by atoms with van der Waals surface area (Å²) in [5.41, 5.74) is 2.86. The van der Waals surface area contributed by atoms with Crippen LogP contribution in [0, 0.1) is 12.7 Å². The van der Waals surface area contributed by atoms with Crippen LogP contribution in [0.25, 0.3) is 6.08 Å². The molecule has 2 heteroatoms. The fourth-order valence-corrected chi connectivity index (χ4v) is 1.24. The Labute approximate surface area is 86.6 Å². The van der Waals surface area contributed by atoms with Gasteiger partial charge in [-0.2, -0.15) is 0 Å². The highest BCUT2D eigenvalue weighted by Crippen LogP contribution is 2.14. The van der Waals surface area contributed by atoms with Crippen molar-refractivity contribution < 1.29 is 4.39 Å². The predicted octanol–water partition coefficient (Wildman–Crippen LogP) is 3.93. The number of hydrogen-bond acceptors (Lipinski definition) is 0. The zero-order chi connectivity index (χ0) is 9.84. The van der Waals surface area contributed by atoms with Crippen molar-refractivity contribution in [2.24, 2.45) is 0 Å².